The van der Waals surface area contributed by atoms with Gasteiger partial charge < -0.3 is 5.32 Å². The zero-order chi connectivity index (χ0) is 14.6. The SMILES string of the molecule is O=[N+]([O-])c1cc(F)c(NCCSC(F)(F)F)c(F)c1. The van der Waals surface area contributed by atoms with E-state index >= 15 is 0 Å². The summed E-state index contributed by atoms with van der Waals surface area (Å²) < 4.78 is 62.0. The summed E-state index contributed by atoms with van der Waals surface area (Å²) in [6, 6.07) is 0.977. The van der Waals surface area contributed by atoms with Gasteiger partial charge in [0.1, 0.15) is 5.69 Å². The number of benzene rings is 1. The molecule has 4 nitrogen and oxygen atoms in total. The van der Waals surface area contributed by atoms with Crippen LogP contribution in [0.1, 0.15) is 0 Å². The van der Waals surface area contributed by atoms with Crippen LogP contribution in [0.2, 0.25) is 0 Å². The predicted molar refractivity (Wildman–Crippen MR) is 60.0 cm³/mol. The largest absolute Gasteiger partial charge is 0.441 e. The van der Waals surface area contributed by atoms with Crippen molar-refractivity contribution in [1.82, 2.24) is 0 Å². The highest BCUT2D eigenvalue weighted by atomic mass is 32.2. The maximum absolute atomic E-state index is 13.3. The second kappa shape index (κ2) is 6.04. The molecule has 0 unspecified atom stereocenters. The van der Waals surface area contributed by atoms with Gasteiger partial charge in [-0.15, -0.1) is 0 Å². The maximum Gasteiger partial charge on any atom is 0.441 e. The fourth-order valence-corrected chi connectivity index (χ4v) is 1.61. The Labute approximate surface area is 108 Å². The number of anilines is 1. The molecule has 0 saturated carbocycles. The van der Waals surface area contributed by atoms with Crippen molar-refractivity contribution in [2.24, 2.45) is 0 Å². The minimum Gasteiger partial charge on any atom is -0.379 e. The molecule has 0 aliphatic heterocycles. The minimum absolute atomic E-state index is 0.337. The highest BCUT2D eigenvalue weighted by molar-refractivity contribution is 8.00. The van der Waals surface area contributed by atoms with E-state index in [0.29, 0.717) is 12.1 Å². The molecule has 19 heavy (non-hydrogen) atoms. The van der Waals surface area contributed by atoms with Crippen molar-refractivity contribution in [3.63, 3.8) is 0 Å². The first-order valence-electron chi connectivity index (χ1n) is 4.78. The Morgan fingerprint density at radius 1 is 1.26 bits per heavy atom. The Bertz CT molecular complexity index is 457. The monoisotopic (exact) mass is 302 g/mol. The van der Waals surface area contributed by atoms with Gasteiger partial charge >= 0.3 is 5.51 Å². The number of rotatable bonds is 5. The lowest BCUT2D eigenvalue weighted by Crippen LogP contribution is -2.11. The molecule has 1 N–H and O–H groups in total. The van der Waals surface area contributed by atoms with E-state index < -0.39 is 39.2 Å². The highest BCUT2D eigenvalue weighted by Crippen LogP contribution is 2.30. The summed E-state index contributed by atoms with van der Waals surface area (Å²) in [5.74, 6) is -2.91. The third-order valence-electron chi connectivity index (χ3n) is 1.91. The molecule has 106 valence electrons. The van der Waals surface area contributed by atoms with Crippen molar-refractivity contribution in [2.45, 2.75) is 5.51 Å². The number of thioether (sulfide) groups is 1. The van der Waals surface area contributed by atoms with Crippen molar-refractivity contribution < 1.29 is 26.9 Å². The van der Waals surface area contributed by atoms with E-state index in [0.717, 1.165) is 0 Å². The molecule has 10 heteroatoms. The van der Waals surface area contributed by atoms with Gasteiger partial charge in [0.05, 0.1) is 17.1 Å². The molecule has 1 rings (SSSR count). The number of non-ortho nitro benzene ring substituents is 1. The normalized spacial score (nSPS) is 11.4. The van der Waals surface area contributed by atoms with Crippen LogP contribution in [-0.4, -0.2) is 22.7 Å². The first-order chi connectivity index (χ1) is 8.70. The average molecular weight is 302 g/mol. The van der Waals surface area contributed by atoms with Crippen LogP contribution in [0.4, 0.5) is 33.3 Å². The summed E-state index contributed by atoms with van der Waals surface area (Å²) in [6.45, 7) is -0.337. The molecule has 0 saturated heterocycles. The number of nitrogens with zero attached hydrogens (tertiary/aromatic N) is 1. The molecule has 0 atom stereocenters. The quantitative estimate of drug-likeness (QED) is 0.391. The fraction of sp³-hybridized carbons (Fsp3) is 0.333. The van der Waals surface area contributed by atoms with Crippen LogP contribution in [0.25, 0.3) is 0 Å². The number of nitro benzene ring substituents is 1. The molecule has 0 amide bonds. The summed E-state index contributed by atoms with van der Waals surface area (Å²) in [4.78, 5) is 9.33. The summed E-state index contributed by atoms with van der Waals surface area (Å²) in [7, 11) is 0. The highest BCUT2D eigenvalue weighted by Gasteiger charge is 2.27. The van der Waals surface area contributed by atoms with Crippen molar-refractivity contribution in [1.29, 1.82) is 0 Å². The van der Waals surface area contributed by atoms with E-state index in [1.54, 1.807) is 0 Å². The number of nitrogens with one attached hydrogen (secondary N) is 1. The van der Waals surface area contributed by atoms with E-state index in [1.165, 1.54) is 0 Å². The summed E-state index contributed by atoms with van der Waals surface area (Å²) in [5.41, 5.74) is -5.88. The van der Waals surface area contributed by atoms with E-state index in [1.807, 2.05) is 0 Å². The molecular weight excluding hydrogens is 295 g/mol. The molecule has 0 aromatic heterocycles. The van der Waals surface area contributed by atoms with Crippen LogP contribution in [-0.2, 0) is 0 Å². The van der Waals surface area contributed by atoms with Gasteiger partial charge in [-0.05, 0) is 11.8 Å². The number of halogens is 5. The summed E-state index contributed by atoms with van der Waals surface area (Å²) in [5, 5.41) is 12.4. The number of nitro groups is 1. The molecule has 0 aliphatic carbocycles. The van der Waals surface area contributed by atoms with Crippen molar-refractivity contribution in [2.75, 3.05) is 17.6 Å². The van der Waals surface area contributed by atoms with Gasteiger partial charge in [0.2, 0.25) is 0 Å². The van der Waals surface area contributed by atoms with E-state index in [-0.39, 0.29) is 18.3 Å². The fourth-order valence-electron chi connectivity index (χ4n) is 1.18. The lowest BCUT2D eigenvalue weighted by atomic mass is 10.2. The topological polar surface area (TPSA) is 55.2 Å². The third-order valence-corrected chi connectivity index (χ3v) is 2.64. The maximum atomic E-state index is 13.3. The molecule has 0 aliphatic rings. The molecule has 0 spiro atoms. The number of hydrogen-bond donors (Lipinski definition) is 1. The van der Waals surface area contributed by atoms with Crippen molar-refractivity contribution >= 4 is 23.1 Å². The van der Waals surface area contributed by atoms with E-state index in [4.69, 9.17) is 0 Å². The van der Waals surface area contributed by atoms with Gasteiger partial charge in [-0.25, -0.2) is 8.78 Å². The summed E-state index contributed by atoms with van der Waals surface area (Å²) >= 11 is -0.343. The van der Waals surface area contributed by atoms with Gasteiger partial charge in [0.15, 0.2) is 11.6 Å². The lowest BCUT2D eigenvalue weighted by Gasteiger charge is -2.09. The van der Waals surface area contributed by atoms with Gasteiger partial charge in [-0.3, -0.25) is 10.1 Å². The molecule has 0 radical (unpaired) electrons. The average Bonchev–Trinajstić information content (AvgIpc) is 2.25. The van der Waals surface area contributed by atoms with Crippen LogP contribution in [0.15, 0.2) is 12.1 Å². The predicted octanol–water partition coefficient (Wildman–Crippen LogP) is 3.54. The van der Waals surface area contributed by atoms with Crippen LogP contribution in [0.3, 0.4) is 0 Å². The molecule has 0 fully saturated rings. The Kier molecular flexibility index (Phi) is 4.92. The van der Waals surface area contributed by atoms with Crippen LogP contribution >= 0.6 is 11.8 Å². The smallest absolute Gasteiger partial charge is 0.379 e. The summed E-state index contributed by atoms with van der Waals surface area (Å²) in [6.07, 6.45) is 0. The van der Waals surface area contributed by atoms with Crippen molar-refractivity contribution in [3.8, 4) is 0 Å². The third kappa shape index (κ3) is 4.89. The van der Waals surface area contributed by atoms with E-state index in [9.17, 15) is 32.1 Å². The van der Waals surface area contributed by atoms with Gasteiger partial charge in [0.25, 0.3) is 5.69 Å². The second-order valence-electron chi connectivity index (χ2n) is 3.26. The molecule has 0 bridgehead atoms. The van der Waals surface area contributed by atoms with Crippen LogP contribution < -0.4 is 5.32 Å². The minimum atomic E-state index is -4.42. The van der Waals surface area contributed by atoms with Gasteiger partial charge in [-0.1, -0.05) is 0 Å². The van der Waals surface area contributed by atoms with E-state index in [2.05, 4.69) is 5.32 Å². The zero-order valence-corrected chi connectivity index (χ0v) is 9.95. The molecule has 0 heterocycles. The standard InChI is InChI=1S/C9H7F5N2O2S/c10-6-3-5(16(17)18)4-7(11)8(6)15-1-2-19-9(12,13)14/h3-4,15H,1-2H2. The number of hydrogen-bond acceptors (Lipinski definition) is 4. The van der Waals surface area contributed by atoms with Crippen molar-refractivity contribution in [3.05, 3.63) is 33.9 Å². The first kappa shape index (κ1) is 15.5. The lowest BCUT2D eigenvalue weighted by molar-refractivity contribution is -0.385. The Morgan fingerprint density at radius 2 is 1.79 bits per heavy atom. The molecule has 1 aromatic carbocycles. The molecular formula is C9H7F5N2O2S. The Balaban J connectivity index is 2.67. The second-order valence-corrected chi connectivity index (χ2v) is 4.42. The Morgan fingerprint density at radius 3 is 2.21 bits per heavy atom. The molecule has 1 aromatic rings. The zero-order valence-electron chi connectivity index (χ0n) is 9.13. The van der Waals surface area contributed by atoms with Crippen LogP contribution in [0.5, 0.6) is 0 Å². The number of alkyl halides is 3. The Hall–Kier alpha value is -1.58. The van der Waals surface area contributed by atoms with Gasteiger partial charge in [-0.2, -0.15) is 13.2 Å². The first-order valence-corrected chi connectivity index (χ1v) is 5.77. The van der Waals surface area contributed by atoms with Gasteiger partial charge in [0, 0.05) is 12.3 Å². The van der Waals surface area contributed by atoms with Crippen LogP contribution in [0, 0.1) is 21.7 Å².